The van der Waals surface area contributed by atoms with Crippen molar-refractivity contribution in [1.29, 1.82) is 0 Å². The van der Waals surface area contributed by atoms with Gasteiger partial charge in [-0.1, -0.05) is 11.6 Å². The van der Waals surface area contributed by atoms with Crippen molar-refractivity contribution in [3.8, 4) is 11.5 Å². The van der Waals surface area contributed by atoms with Crippen LogP contribution in [0.5, 0.6) is 11.5 Å². The zero-order valence-corrected chi connectivity index (χ0v) is 12.8. The largest absolute Gasteiger partial charge is 0.493 e. The number of halogens is 1. The maximum atomic E-state index is 6.10. The molecule has 5 heteroatoms. The predicted octanol–water partition coefficient (Wildman–Crippen LogP) is 3.46. The Morgan fingerprint density at radius 3 is 1.81 bits per heavy atom. The normalized spacial score (nSPS) is 22.9. The van der Waals surface area contributed by atoms with Crippen LogP contribution in [0.25, 0.3) is 0 Å². The molecule has 2 aliphatic heterocycles. The van der Waals surface area contributed by atoms with Gasteiger partial charge in [0.25, 0.3) is 0 Å². The SMILES string of the molecule is Clc1cc(OCCCC2CO2)cc(OCCCC2CO2)c1. The molecule has 2 aliphatic rings. The molecule has 2 saturated heterocycles. The lowest BCUT2D eigenvalue weighted by Crippen LogP contribution is -2.01. The van der Waals surface area contributed by atoms with Gasteiger partial charge in [0.15, 0.2) is 0 Å². The molecule has 0 N–H and O–H groups in total. The average molecular weight is 313 g/mol. The van der Waals surface area contributed by atoms with Crippen molar-refractivity contribution in [1.82, 2.24) is 0 Å². The van der Waals surface area contributed by atoms with E-state index in [0.29, 0.717) is 30.4 Å². The molecule has 0 aliphatic carbocycles. The minimum atomic E-state index is 0.460. The van der Waals surface area contributed by atoms with E-state index >= 15 is 0 Å². The summed E-state index contributed by atoms with van der Waals surface area (Å²) in [5, 5.41) is 0.638. The summed E-state index contributed by atoms with van der Waals surface area (Å²) in [6.45, 7) is 3.17. The first-order valence-electron chi connectivity index (χ1n) is 7.59. The molecular weight excluding hydrogens is 292 g/mol. The van der Waals surface area contributed by atoms with Crippen molar-refractivity contribution in [3.63, 3.8) is 0 Å². The summed E-state index contributed by atoms with van der Waals surface area (Å²) in [7, 11) is 0. The Morgan fingerprint density at radius 2 is 1.38 bits per heavy atom. The molecule has 0 spiro atoms. The van der Waals surface area contributed by atoms with Gasteiger partial charge in [-0.15, -0.1) is 0 Å². The average Bonchev–Trinajstić information content (AvgIpc) is 3.34. The summed E-state index contributed by atoms with van der Waals surface area (Å²) in [6.07, 6.45) is 5.04. The Kier molecular flexibility index (Phi) is 5.22. The lowest BCUT2D eigenvalue weighted by atomic mass is 10.2. The first-order valence-corrected chi connectivity index (χ1v) is 7.97. The zero-order chi connectivity index (χ0) is 14.5. The van der Waals surface area contributed by atoms with Crippen LogP contribution in [0, 0.1) is 0 Å². The monoisotopic (exact) mass is 312 g/mol. The van der Waals surface area contributed by atoms with Gasteiger partial charge in [0, 0.05) is 11.1 Å². The van der Waals surface area contributed by atoms with E-state index in [1.54, 1.807) is 0 Å². The summed E-state index contributed by atoms with van der Waals surface area (Å²) in [5.74, 6) is 1.53. The number of epoxide rings is 2. The van der Waals surface area contributed by atoms with E-state index in [-0.39, 0.29) is 0 Å². The molecule has 2 unspecified atom stereocenters. The Labute approximate surface area is 130 Å². The second-order valence-corrected chi connectivity index (χ2v) is 5.95. The quantitative estimate of drug-likeness (QED) is 0.490. The van der Waals surface area contributed by atoms with Gasteiger partial charge in [-0.25, -0.2) is 0 Å². The highest BCUT2D eigenvalue weighted by Gasteiger charge is 2.21. The molecule has 3 rings (SSSR count). The van der Waals surface area contributed by atoms with Gasteiger partial charge in [0.1, 0.15) is 11.5 Å². The third kappa shape index (κ3) is 5.73. The smallest absolute Gasteiger partial charge is 0.124 e. The fraction of sp³-hybridized carbons (Fsp3) is 0.625. The number of ether oxygens (including phenoxy) is 4. The maximum absolute atomic E-state index is 6.10. The second-order valence-electron chi connectivity index (χ2n) is 5.51. The Balaban J connectivity index is 1.39. The van der Waals surface area contributed by atoms with Gasteiger partial charge in [0.2, 0.25) is 0 Å². The van der Waals surface area contributed by atoms with Gasteiger partial charge in [-0.05, 0) is 37.8 Å². The van der Waals surface area contributed by atoms with Crippen LogP contribution in [0.2, 0.25) is 5.02 Å². The minimum Gasteiger partial charge on any atom is -0.493 e. The van der Waals surface area contributed by atoms with E-state index in [4.69, 9.17) is 30.5 Å². The number of rotatable bonds is 10. The number of benzene rings is 1. The molecule has 0 saturated carbocycles. The number of hydrogen-bond donors (Lipinski definition) is 0. The molecule has 0 aromatic heterocycles. The van der Waals surface area contributed by atoms with Crippen LogP contribution in [0.3, 0.4) is 0 Å². The molecule has 4 nitrogen and oxygen atoms in total. The molecule has 1 aromatic rings. The summed E-state index contributed by atoms with van der Waals surface area (Å²) < 4.78 is 21.8. The van der Waals surface area contributed by atoms with Crippen molar-refractivity contribution in [2.75, 3.05) is 26.4 Å². The van der Waals surface area contributed by atoms with Gasteiger partial charge >= 0.3 is 0 Å². The summed E-state index contributed by atoms with van der Waals surface area (Å²) in [6, 6.07) is 5.54. The van der Waals surface area contributed by atoms with Crippen LogP contribution >= 0.6 is 11.6 Å². The fourth-order valence-corrected chi connectivity index (χ4v) is 2.39. The molecule has 0 amide bonds. The first kappa shape index (κ1) is 14.9. The van der Waals surface area contributed by atoms with Crippen molar-refractivity contribution in [3.05, 3.63) is 23.2 Å². The Hall–Kier alpha value is -0.970. The van der Waals surface area contributed by atoms with Crippen molar-refractivity contribution in [2.45, 2.75) is 37.9 Å². The van der Waals surface area contributed by atoms with Crippen LogP contribution in [-0.2, 0) is 9.47 Å². The Morgan fingerprint density at radius 1 is 0.905 bits per heavy atom. The van der Waals surface area contributed by atoms with E-state index in [2.05, 4.69) is 0 Å². The Bertz CT molecular complexity index is 419. The highest BCUT2D eigenvalue weighted by atomic mass is 35.5. The summed E-state index contributed by atoms with van der Waals surface area (Å²) >= 11 is 6.10. The van der Waals surface area contributed by atoms with Crippen LogP contribution in [0.1, 0.15) is 25.7 Å². The van der Waals surface area contributed by atoms with E-state index in [9.17, 15) is 0 Å². The maximum Gasteiger partial charge on any atom is 0.124 e. The highest BCUT2D eigenvalue weighted by Crippen LogP contribution is 2.27. The van der Waals surface area contributed by atoms with Crippen LogP contribution in [0.4, 0.5) is 0 Å². The predicted molar refractivity (Wildman–Crippen MR) is 80.4 cm³/mol. The summed E-state index contributed by atoms with van der Waals surface area (Å²) in [5.41, 5.74) is 0. The zero-order valence-electron chi connectivity index (χ0n) is 12.1. The minimum absolute atomic E-state index is 0.460. The third-order valence-corrected chi connectivity index (χ3v) is 3.75. The van der Waals surface area contributed by atoms with Crippen molar-refractivity contribution >= 4 is 11.6 Å². The summed E-state index contributed by atoms with van der Waals surface area (Å²) in [4.78, 5) is 0. The van der Waals surface area contributed by atoms with Crippen LogP contribution < -0.4 is 9.47 Å². The van der Waals surface area contributed by atoms with E-state index in [1.807, 2.05) is 18.2 Å². The van der Waals surface area contributed by atoms with Gasteiger partial charge < -0.3 is 18.9 Å². The van der Waals surface area contributed by atoms with Gasteiger partial charge in [0.05, 0.1) is 38.6 Å². The lowest BCUT2D eigenvalue weighted by Gasteiger charge is -2.10. The molecule has 0 radical (unpaired) electrons. The van der Waals surface area contributed by atoms with E-state index < -0.39 is 0 Å². The van der Waals surface area contributed by atoms with Gasteiger partial charge in [-0.2, -0.15) is 0 Å². The molecule has 1 aromatic carbocycles. The molecular formula is C16H21ClO4. The second kappa shape index (κ2) is 7.34. The molecule has 116 valence electrons. The highest BCUT2D eigenvalue weighted by molar-refractivity contribution is 6.30. The lowest BCUT2D eigenvalue weighted by molar-refractivity contribution is 0.281. The van der Waals surface area contributed by atoms with Crippen molar-refractivity contribution in [2.24, 2.45) is 0 Å². The topological polar surface area (TPSA) is 43.5 Å². The van der Waals surface area contributed by atoms with Gasteiger partial charge in [-0.3, -0.25) is 0 Å². The molecule has 2 fully saturated rings. The molecule has 0 bridgehead atoms. The van der Waals surface area contributed by atoms with Crippen LogP contribution in [0.15, 0.2) is 18.2 Å². The standard InChI is InChI=1S/C16H21ClO4/c17-12-7-15(18-5-1-3-13-10-20-13)9-16(8-12)19-6-2-4-14-11-21-14/h7-9,13-14H,1-6,10-11H2. The third-order valence-electron chi connectivity index (χ3n) is 3.53. The molecule has 21 heavy (non-hydrogen) atoms. The number of hydrogen-bond acceptors (Lipinski definition) is 4. The molecule has 2 heterocycles. The van der Waals surface area contributed by atoms with Crippen molar-refractivity contribution < 1.29 is 18.9 Å². The van der Waals surface area contributed by atoms with Crippen LogP contribution in [-0.4, -0.2) is 38.6 Å². The van der Waals surface area contributed by atoms with E-state index in [0.717, 1.165) is 50.4 Å². The first-order chi connectivity index (χ1) is 10.3. The van der Waals surface area contributed by atoms with E-state index in [1.165, 1.54) is 0 Å². The molecule has 2 atom stereocenters. The fourth-order valence-electron chi connectivity index (χ4n) is 2.18.